The van der Waals surface area contributed by atoms with Crippen LogP contribution >= 0.6 is 0 Å². The van der Waals surface area contributed by atoms with E-state index in [1.165, 1.54) is 0 Å². The van der Waals surface area contributed by atoms with Gasteiger partial charge in [-0.2, -0.15) is 9.97 Å². The van der Waals surface area contributed by atoms with Crippen LogP contribution in [-0.4, -0.2) is 92.5 Å². The third kappa shape index (κ3) is 4.94. The van der Waals surface area contributed by atoms with Crippen LogP contribution in [0.4, 0.5) is 15.0 Å². The smallest absolute Gasteiger partial charge is 0.410 e. The number of hydrogen-bond acceptors (Lipinski definition) is 9. The maximum atomic E-state index is 17.4. The van der Waals surface area contributed by atoms with Gasteiger partial charge in [-0.3, -0.25) is 9.80 Å². The number of ether oxygens (including phenoxy) is 3. The van der Waals surface area contributed by atoms with Gasteiger partial charge in [-0.15, -0.1) is 6.42 Å². The van der Waals surface area contributed by atoms with E-state index in [2.05, 4.69) is 22.3 Å². The molecule has 2 bridgehead atoms. The van der Waals surface area contributed by atoms with Crippen LogP contribution in [0.5, 0.6) is 11.9 Å². The lowest BCUT2D eigenvalue weighted by molar-refractivity contribution is 0.000939. The van der Waals surface area contributed by atoms with E-state index in [1.807, 2.05) is 69.0 Å². The monoisotopic (exact) mass is 702 g/mol. The number of halogens is 1. The molecule has 5 aliphatic rings. The number of aromatic nitrogens is 3. The van der Waals surface area contributed by atoms with Crippen molar-refractivity contribution < 1.29 is 23.4 Å². The molecule has 0 N–H and O–H groups in total. The number of piperazine rings is 1. The number of fused-ring (bicyclic) bond motifs is 7. The summed E-state index contributed by atoms with van der Waals surface area (Å²) in [6.07, 6.45) is 9.66. The highest BCUT2D eigenvalue weighted by Crippen LogP contribution is 2.48. The van der Waals surface area contributed by atoms with Crippen LogP contribution in [0.2, 0.25) is 0 Å². The summed E-state index contributed by atoms with van der Waals surface area (Å²) in [5.74, 6) is 2.88. The molecule has 11 heteroatoms. The summed E-state index contributed by atoms with van der Waals surface area (Å²) < 4.78 is 36.5. The predicted octanol–water partition coefficient (Wildman–Crippen LogP) is 6.88. The summed E-state index contributed by atoms with van der Waals surface area (Å²) in [7, 11) is 0. The zero-order valence-corrected chi connectivity index (χ0v) is 30.1. The second kappa shape index (κ2) is 11.8. The highest BCUT2D eigenvalue weighted by Gasteiger charge is 2.54. The Kier molecular flexibility index (Phi) is 7.46. The Morgan fingerprint density at radius 1 is 1.13 bits per heavy atom. The van der Waals surface area contributed by atoms with E-state index in [9.17, 15) is 4.79 Å². The SMILES string of the molecule is C#Cc1cccc2cccc(-c3nc4c5c(nc(OC[C@]67CCCN6CCC7=C)nc5c3F)N3C[C@H]5CC[C@@H]([C@H]3[C@H](C)O4)N5C(=O)OC(C)(C)C)c12. The molecule has 0 spiro atoms. The summed E-state index contributed by atoms with van der Waals surface area (Å²) >= 11 is 0. The minimum absolute atomic E-state index is 0.0657. The lowest BCUT2D eigenvalue weighted by atomic mass is 9.91. The fraction of sp³-hybridized carbons (Fsp3) is 0.463. The highest BCUT2D eigenvalue weighted by molar-refractivity contribution is 6.03. The first kappa shape index (κ1) is 32.9. The van der Waals surface area contributed by atoms with Gasteiger partial charge in [0.15, 0.2) is 5.82 Å². The van der Waals surface area contributed by atoms with Crippen LogP contribution < -0.4 is 14.4 Å². The fourth-order valence-electron chi connectivity index (χ4n) is 9.53. The zero-order valence-electron chi connectivity index (χ0n) is 30.1. The molecule has 10 nitrogen and oxygen atoms in total. The minimum atomic E-state index is -0.641. The third-order valence-corrected chi connectivity index (χ3v) is 11.8. The zero-order chi connectivity index (χ0) is 36.1. The number of benzene rings is 2. The van der Waals surface area contributed by atoms with E-state index >= 15 is 4.39 Å². The van der Waals surface area contributed by atoms with Crippen LogP contribution in [-0.2, 0) is 4.74 Å². The van der Waals surface area contributed by atoms with Crippen molar-refractivity contribution in [3.63, 3.8) is 0 Å². The lowest BCUT2D eigenvalue weighted by Gasteiger charge is -2.48. The van der Waals surface area contributed by atoms with Gasteiger partial charge in [0.1, 0.15) is 40.7 Å². The molecule has 268 valence electrons. The van der Waals surface area contributed by atoms with Gasteiger partial charge in [0.2, 0.25) is 5.88 Å². The third-order valence-electron chi connectivity index (χ3n) is 11.8. The molecule has 2 aromatic carbocycles. The summed E-state index contributed by atoms with van der Waals surface area (Å²) in [5, 5.41) is 1.98. The van der Waals surface area contributed by atoms with Gasteiger partial charge in [-0.25, -0.2) is 14.2 Å². The highest BCUT2D eigenvalue weighted by atomic mass is 19.1. The summed E-state index contributed by atoms with van der Waals surface area (Å²) in [5.41, 5.74) is 1.55. The lowest BCUT2D eigenvalue weighted by Crippen LogP contribution is -2.65. The molecule has 0 saturated carbocycles. The summed E-state index contributed by atoms with van der Waals surface area (Å²) in [6, 6.07) is 10.8. The van der Waals surface area contributed by atoms with E-state index in [1.54, 1.807) is 0 Å². The number of pyridine rings is 1. The van der Waals surface area contributed by atoms with Crippen LogP contribution in [0.3, 0.4) is 0 Å². The van der Waals surface area contributed by atoms with Gasteiger partial charge in [0.05, 0.1) is 23.7 Å². The Labute approximate surface area is 302 Å². The van der Waals surface area contributed by atoms with Crippen molar-refractivity contribution in [1.82, 2.24) is 24.8 Å². The molecule has 1 amide bonds. The van der Waals surface area contributed by atoms with E-state index in [0.717, 1.165) is 61.5 Å². The molecule has 2 aromatic heterocycles. The largest absolute Gasteiger partial charge is 0.472 e. The Morgan fingerprint density at radius 3 is 2.73 bits per heavy atom. The molecule has 0 aliphatic carbocycles. The predicted molar refractivity (Wildman–Crippen MR) is 197 cm³/mol. The number of hydrogen-bond donors (Lipinski definition) is 0. The van der Waals surface area contributed by atoms with Crippen molar-refractivity contribution in [1.29, 1.82) is 0 Å². The number of terminal acetylenes is 1. The molecule has 4 fully saturated rings. The average molecular weight is 703 g/mol. The van der Waals surface area contributed by atoms with Crippen LogP contribution in [0.25, 0.3) is 32.9 Å². The molecule has 52 heavy (non-hydrogen) atoms. The van der Waals surface area contributed by atoms with Gasteiger partial charge >= 0.3 is 12.1 Å². The molecule has 7 heterocycles. The normalized spacial score (nSPS) is 26.6. The number of rotatable bonds is 4. The van der Waals surface area contributed by atoms with Crippen LogP contribution in [0.15, 0.2) is 48.6 Å². The van der Waals surface area contributed by atoms with Crippen LogP contribution in [0, 0.1) is 18.2 Å². The average Bonchev–Trinajstić information content (AvgIpc) is 3.75. The Balaban J connectivity index is 1.22. The van der Waals surface area contributed by atoms with Gasteiger partial charge in [-0.1, -0.05) is 48.4 Å². The van der Waals surface area contributed by atoms with Gasteiger partial charge < -0.3 is 19.1 Å². The van der Waals surface area contributed by atoms with Gasteiger partial charge in [0, 0.05) is 29.6 Å². The van der Waals surface area contributed by atoms with Crippen LogP contribution in [0.1, 0.15) is 65.4 Å². The minimum Gasteiger partial charge on any atom is -0.472 e. The van der Waals surface area contributed by atoms with Crippen molar-refractivity contribution in [2.75, 3.05) is 31.1 Å². The van der Waals surface area contributed by atoms with Gasteiger partial charge in [0.25, 0.3) is 0 Å². The maximum Gasteiger partial charge on any atom is 0.410 e. The number of anilines is 1. The number of amides is 1. The molecule has 9 rings (SSSR count). The molecular weight excluding hydrogens is 659 g/mol. The molecule has 0 unspecified atom stereocenters. The molecule has 0 radical (unpaired) electrons. The fourth-order valence-corrected chi connectivity index (χ4v) is 9.53. The molecule has 4 saturated heterocycles. The maximum absolute atomic E-state index is 17.4. The van der Waals surface area contributed by atoms with E-state index in [-0.39, 0.29) is 52.9 Å². The molecular formula is C41H43FN6O4. The summed E-state index contributed by atoms with van der Waals surface area (Å²) in [4.78, 5) is 34.9. The van der Waals surface area contributed by atoms with Crippen molar-refractivity contribution in [2.45, 2.75) is 95.2 Å². The topological polar surface area (TPSA) is 93.2 Å². The molecule has 5 atom stereocenters. The first-order valence-electron chi connectivity index (χ1n) is 18.4. The Hall–Kier alpha value is -4.95. The quantitative estimate of drug-likeness (QED) is 0.167. The second-order valence-electron chi connectivity index (χ2n) is 15.9. The van der Waals surface area contributed by atoms with Crippen molar-refractivity contribution >= 4 is 33.6 Å². The van der Waals surface area contributed by atoms with Crippen molar-refractivity contribution in [3.8, 4) is 35.5 Å². The van der Waals surface area contributed by atoms with Crippen molar-refractivity contribution in [2.24, 2.45) is 0 Å². The number of nitrogens with zero attached hydrogens (tertiary/aromatic N) is 6. The van der Waals surface area contributed by atoms with Crippen molar-refractivity contribution in [3.05, 3.63) is 59.9 Å². The molecule has 5 aliphatic heterocycles. The standard InChI is InChI=1S/C41H43FN6O4/c1-7-25-11-8-12-26-13-9-14-28(30(25)26)33-32(42)34-31-36(45-38(44-34)50-22-41-18-10-19-46(41)20-17-23(41)2)47-21-27-15-16-29(35(47)24(3)51-37(31)43-33)48(27)39(49)52-40(4,5)6/h1,8-9,11-14,24,27,29,35H,2,10,15-22H2,3-6H3/t24-,27+,29-,35+,41-/m0/s1. The van der Waals surface area contributed by atoms with E-state index in [4.69, 9.17) is 35.6 Å². The Bertz CT molecular complexity index is 2210. The molecule has 4 aromatic rings. The first-order valence-corrected chi connectivity index (χ1v) is 18.4. The number of carbonyl (C=O) groups is 1. The first-order chi connectivity index (χ1) is 25.0. The van der Waals surface area contributed by atoms with E-state index < -0.39 is 17.5 Å². The number of carbonyl (C=O) groups excluding carboxylic acids is 1. The summed E-state index contributed by atoms with van der Waals surface area (Å²) in [6.45, 7) is 14.8. The second-order valence-corrected chi connectivity index (χ2v) is 15.9. The van der Waals surface area contributed by atoms with Gasteiger partial charge in [-0.05, 0) is 77.8 Å². The Morgan fingerprint density at radius 2 is 1.94 bits per heavy atom. The van der Waals surface area contributed by atoms with E-state index in [0.29, 0.717) is 35.5 Å².